The minimum atomic E-state index is -3.77. The van der Waals surface area contributed by atoms with Crippen LogP contribution in [-0.4, -0.2) is 76.5 Å². The Hall–Kier alpha value is -2.65. The average molecular weight is 404 g/mol. The smallest absolute Gasteiger partial charge is 0.272 e. The molecule has 1 aliphatic rings. The molecule has 0 radical (unpaired) electrons. The zero-order chi connectivity index (χ0) is 20.3. The third kappa shape index (κ3) is 4.10. The number of pyridine rings is 1. The number of hydrogen-bond acceptors (Lipinski definition) is 6. The summed E-state index contributed by atoms with van der Waals surface area (Å²) in [4.78, 5) is 20.9. The largest absolute Gasteiger partial charge is 0.497 e. The molecule has 0 N–H and O–H groups in total. The van der Waals surface area contributed by atoms with Crippen molar-refractivity contribution in [2.75, 3.05) is 51.7 Å². The number of hydrogen-bond donors (Lipinski definition) is 0. The number of carbonyl (C=O) groups is 1. The Morgan fingerprint density at radius 2 is 1.75 bits per heavy atom. The van der Waals surface area contributed by atoms with Crippen LogP contribution in [0.3, 0.4) is 0 Å². The fraction of sp³-hybridized carbons (Fsp3) is 0.368. The number of nitrogens with zero attached hydrogens (tertiary/aromatic N) is 4. The molecule has 1 saturated heterocycles. The first-order valence-electron chi connectivity index (χ1n) is 8.90. The number of rotatable bonds is 5. The third-order valence-electron chi connectivity index (χ3n) is 4.83. The number of anilines is 1. The molecule has 2 aromatic rings. The van der Waals surface area contributed by atoms with Gasteiger partial charge in [0.05, 0.1) is 17.7 Å². The van der Waals surface area contributed by atoms with Crippen molar-refractivity contribution in [2.24, 2.45) is 0 Å². The lowest BCUT2D eigenvalue weighted by atomic mass is 10.2. The summed E-state index contributed by atoms with van der Waals surface area (Å²) in [6.07, 6.45) is 1.46. The molecule has 1 aromatic heterocycles. The molecule has 0 spiro atoms. The fourth-order valence-corrected chi connectivity index (χ4v) is 4.14. The van der Waals surface area contributed by atoms with Crippen molar-refractivity contribution in [1.29, 1.82) is 0 Å². The van der Waals surface area contributed by atoms with Crippen molar-refractivity contribution >= 4 is 21.6 Å². The summed E-state index contributed by atoms with van der Waals surface area (Å²) in [7, 11) is 1.22. The second-order valence-electron chi connectivity index (χ2n) is 6.64. The number of aromatic nitrogens is 1. The van der Waals surface area contributed by atoms with E-state index in [4.69, 9.17) is 4.74 Å². The maximum Gasteiger partial charge on any atom is 0.272 e. The number of likely N-dealkylation sites (N-methyl/N-ethyl adjacent to an activating group) is 1. The van der Waals surface area contributed by atoms with Gasteiger partial charge in [0.25, 0.3) is 15.9 Å². The highest BCUT2D eigenvalue weighted by atomic mass is 32.2. The molecule has 1 fully saturated rings. The van der Waals surface area contributed by atoms with Crippen molar-refractivity contribution in [3.05, 3.63) is 48.3 Å². The SMILES string of the molecule is COc1ccc(S(=O)(=O)N(C)c2ccnc(C(=O)N3CCN(C)CC3)c2)cc1. The van der Waals surface area contributed by atoms with Gasteiger partial charge >= 0.3 is 0 Å². The van der Waals surface area contributed by atoms with Crippen LogP contribution in [-0.2, 0) is 10.0 Å². The van der Waals surface area contributed by atoms with Crippen LogP contribution >= 0.6 is 0 Å². The van der Waals surface area contributed by atoms with Crippen molar-refractivity contribution < 1.29 is 17.9 Å². The highest BCUT2D eigenvalue weighted by Gasteiger charge is 2.25. The van der Waals surface area contributed by atoms with Crippen molar-refractivity contribution in [1.82, 2.24) is 14.8 Å². The number of methoxy groups -OCH3 is 1. The zero-order valence-corrected chi connectivity index (χ0v) is 17.0. The number of piperazine rings is 1. The van der Waals surface area contributed by atoms with E-state index in [1.165, 1.54) is 38.6 Å². The topological polar surface area (TPSA) is 83.0 Å². The first-order chi connectivity index (χ1) is 13.3. The van der Waals surface area contributed by atoms with Crippen molar-refractivity contribution in [2.45, 2.75) is 4.90 Å². The van der Waals surface area contributed by atoms with Gasteiger partial charge in [-0.2, -0.15) is 0 Å². The van der Waals surface area contributed by atoms with E-state index in [2.05, 4.69) is 9.88 Å². The quantitative estimate of drug-likeness (QED) is 0.747. The van der Waals surface area contributed by atoms with Gasteiger partial charge in [0.1, 0.15) is 11.4 Å². The van der Waals surface area contributed by atoms with Crippen LogP contribution < -0.4 is 9.04 Å². The van der Waals surface area contributed by atoms with E-state index in [-0.39, 0.29) is 16.5 Å². The van der Waals surface area contributed by atoms with Gasteiger partial charge in [0, 0.05) is 39.4 Å². The molecule has 8 nitrogen and oxygen atoms in total. The molecule has 0 saturated carbocycles. The summed E-state index contributed by atoms with van der Waals surface area (Å²) in [5.41, 5.74) is 0.613. The summed E-state index contributed by atoms with van der Waals surface area (Å²) in [6.45, 7) is 2.86. The molecule has 150 valence electrons. The van der Waals surface area contributed by atoms with E-state index in [1.54, 1.807) is 23.1 Å². The van der Waals surface area contributed by atoms with E-state index in [0.29, 0.717) is 24.5 Å². The van der Waals surface area contributed by atoms with Crippen molar-refractivity contribution in [3.63, 3.8) is 0 Å². The normalized spacial score (nSPS) is 15.3. The summed E-state index contributed by atoms with van der Waals surface area (Å²) in [5, 5.41) is 0. The van der Waals surface area contributed by atoms with Gasteiger partial charge in [0.15, 0.2) is 0 Å². The lowest BCUT2D eigenvalue weighted by Crippen LogP contribution is -2.47. The standard InChI is InChI=1S/C19H24N4O4S/c1-21-10-12-23(13-11-21)19(24)18-14-15(8-9-20-18)22(2)28(25,26)17-6-4-16(27-3)5-7-17/h4-9,14H,10-13H2,1-3H3. The Balaban J connectivity index is 1.83. The van der Waals surface area contributed by atoms with Crippen LogP contribution in [0.4, 0.5) is 5.69 Å². The molecule has 3 rings (SSSR count). The van der Waals surface area contributed by atoms with E-state index in [0.717, 1.165) is 17.4 Å². The van der Waals surface area contributed by atoms with Crippen LogP contribution in [0.2, 0.25) is 0 Å². The van der Waals surface area contributed by atoms with Crippen LogP contribution in [0.15, 0.2) is 47.5 Å². The lowest BCUT2D eigenvalue weighted by molar-refractivity contribution is 0.0658. The molecule has 0 atom stereocenters. The average Bonchev–Trinajstić information content (AvgIpc) is 2.73. The zero-order valence-electron chi connectivity index (χ0n) is 16.2. The predicted octanol–water partition coefficient (Wildman–Crippen LogP) is 1.30. The maximum absolute atomic E-state index is 12.9. The highest BCUT2D eigenvalue weighted by Crippen LogP contribution is 2.24. The number of amides is 1. The first kappa shape index (κ1) is 20.1. The van der Waals surface area contributed by atoms with Crippen LogP contribution in [0.25, 0.3) is 0 Å². The molecule has 1 aromatic carbocycles. The molecule has 1 amide bonds. The molecular weight excluding hydrogens is 380 g/mol. The highest BCUT2D eigenvalue weighted by molar-refractivity contribution is 7.92. The maximum atomic E-state index is 12.9. The molecule has 9 heteroatoms. The molecule has 0 aliphatic carbocycles. The number of ether oxygens (including phenoxy) is 1. The summed E-state index contributed by atoms with van der Waals surface area (Å²) in [5.74, 6) is 0.385. The van der Waals surface area contributed by atoms with Gasteiger partial charge < -0.3 is 14.5 Å². The second-order valence-corrected chi connectivity index (χ2v) is 8.61. The van der Waals surface area contributed by atoms with Crippen LogP contribution in [0, 0.1) is 0 Å². The minimum Gasteiger partial charge on any atom is -0.497 e. The molecule has 28 heavy (non-hydrogen) atoms. The van der Waals surface area contributed by atoms with Crippen LogP contribution in [0.1, 0.15) is 10.5 Å². The van der Waals surface area contributed by atoms with Gasteiger partial charge in [0.2, 0.25) is 0 Å². The minimum absolute atomic E-state index is 0.138. The molecule has 0 unspecified atom stereocenters. The Morgan fingerprint density at radius 3 is 2.36 bits per heavy atom. The Bertz CT molecular complexity index is 939. The predicted molar refractivity (Wildman–Crippen MR) is 106 cm³/mol. The van der Waals surface area contributed by atoms with Gasteiger partial charge in [-0.05, 0) is 43.4 Å². The van der Waals surface area contributed by atoms with Gasteiger partial charge in [-0.15, -0.1) is 0 Å². The van der Waals surface area contributed by atoms with Gasteiger partial charge in [-0.3, -0.25) is 14.1 Å². The van der Waals surface area contributed by atoms with Crippen LogP contribution in [0.5, 0.6) is 5.75 Å². The van der Waals surface area contributed by atoms with Gasteiger partial charge in [-0.25, -0.2) is 8.42 Å². The molecule has 1 aliphatic heterocycles. The van der Waals surface area contributed by atoms with E-state index < -0.39 is 10.0 Å². The molecule has 2 heterocycles. The number of benzene rings is 1. The summed E-state index contributed by atoms with van der Waals surface area (Å²) in [6, 6.07) is 9.25. The fourth-order valence-electron chi connectivity index (χ4n) is 2.95. The third-order valence-corrected chi connectivity index (χ3v) is 6.63. The van der Waals surface area contributed by atoms with Gasteiger partial charge in [-0.1, -0.05) is 0 Å². The van der Waals surface area contributed by atoms with E-state index >= 15 is 0 Å². The Morgan fingerprint density at radius 1 is 1.11 bits per heavy atom. The summed E-state index contributed by atoms with van der Waals surface area (Å²) >= 11 is 0. The number of sulfonamides is 1. The molecular formula is C19H24N4O4S. The summed E-state index contributed by atoms with van der Waals surface area (Å²) < 4.78 is 32.1. The molecule has 0 bridgehead atoms. The monoisotopic (exact) mass is 404 g/mol. The first-order valence-corrected chi connectivity index (χ1v) is 10.3. The van der Waals surface area contributed by atoms with E-state index in [9.17, 15) is 13.2 Å². The lowest BCUT2D eigenvalue weighted by Gasteiger charge is -2.32. The second kappa shape index (κ2) is 8.15. The van der Waals surface area contributed by atoms with Crippen molar-refractivity contribution in [3.8, 4) is 5.75 Å². The number of carbonyl (C=O) groups excluding carboxylic acids is 1. The Kier molecular flexibility index (Phi) is 5.85. The van der Waals surface area contributed by atoms with E-state index in [1.807, 2.05) is 7.05 Å². The Labute approximate surface area is 165 Å².